The molecular formula is C8H14O. The second-order valence-electron chi connectivity index (χ2n) is 2.70. The largest absolute Gasteiger partial charge is 0.300 e. The topological polar surface area (TPSA) is 17.1 Å². The summed E-state index contributed by atoms with van der Waals surface area (Å²) in [7, 11) is 0. The van der Waals surface area contributed by atoms with Gasteiger partial charge in [-0.1, -0.05) is 19.3 Å². The first-order valence-corrected chi connectivity index (χ1v) is 3.56. The smallest absolute Gasteiger partial charge is 0.132 e. The van der Waals surface area contributed by atoms with Gasteiger partial charge in [-0.05, 0) is 19.7 Å². The minimum Gasteiger partial charge on any atom is -0.300 e. The number of hydrogen-bond acceptors (Lipinski definition) is 1. The summed E-state index contributed by atoms with van der Waals surface area (Å²) in [5.74, 6) is -0.714. The van der Waals surface area contributed by atoms with Crippen LogP contribution in [0.2, 0.25) is 0 Å². The Morgan fingerprint density at radius 1 is 1.44 bits per heavy atom. The minimum atomic E-state index is -2.37. The third kappa shape index (κ3) is 1.81. The number of hydrogen-bond donors (Lipinski definition) is 0. The lowest BCUT2D eigenvalue weighted by Gasteiger charge is -2.17. The molecule has 0 aromatic rings. The molecule has 0 unspecified atom stereocenters. The van der Waals surface area contributed by atoms with Crippen LogP contribution < -0.4 is 0 Å². The van der Waals surface area contributed by atoms with Gasteiger partial charge in [-0.2, -0.15) is 0 Å². The molecular weight excluding hydrogens is 112 g/mol. The van der Waals surface area contributed by atoms with Gasteiger partial charge >= 0.3 is 0 Å². The van der Waals surface area contributed by atoms with Crippen molar-refractivity contribution in [3.05, 3.63) is 0 Å². The minimum absolute atomic E-state index is 0.189. The van der Waals surface area contributed by atoms with Gasteiger partial charge in [0, 0.05) is 10.0 Å². The third-order valence-electron chi connectivity index (χ3n) is 1.98. The highest BCUT2D eigenvalue weighted by atomic mass is 16.1. The van der Waals surface area contributed by atoms with Gasteiger partial charge in [-0.3, -0.25) is 4.79 Å². The van der Waals surface area contributed by atoms with E-state index in [9.17, 15) is 4.79 Å². The highest BCUT2D eigenvalue weighted by Crippen LogP contribution is 2.23. The summed E-state index contributed by atoms with van der Waals surface area (Å²) >= 11 is 0. The lowest BCUT2D eigenvalue weighted by molar-refractivity contribution is -0.121. The summed E-state index contributed by atoms with van der Waals surface area (Å²) in [6.45, 7) is -2.37. The first-order valence-electron chi connectivity index (χ1n) is 5.06. The Balaban J connectivity index is 2.51. The molecule has 0 amide bonds. The fourth-order valence-electron chi connectivity index (χ4n) is 1.36. The molecule has 0 aromatic carbocycles. The molecule has 0 bridgehead atoms. The average molecular weight is 129 g/mol. The van der Waals surface area contributed by atoms with Crippen molar-refractivity contribution >= 4 is 5.78 Å². The summed E-state index contributed by atoms with van der Waals surface area (Å²) < 4.78 is 20.9. The van der Waals surface area contributed by atoms with Crippen molar-refractivity contribution in [2.75, 3.05) is 0 Å². The van der Waals surface area contributed by atoms with E-state index in [0.717, 1.165) is 32.1 Å². The van der Waals surface area contributed by atoms with E-state index in [1.807, 2.05) is 0 Å². The van der Waals surface area contributed by atoms with Crippen molar-refractivity contribution in [3.63, 3.8) is 0 Å². The molecule has 1 rings (SSSR count). The second kappa shape index (κ2) is 3.00. The van der Waals surface area contributed by atoms with Crippen LogP contribution >= 0.6 is 0 Å². The first-order chi connectivity index (χ1) is 5.52. The summed E-state index contributed by atoms with van der Waals surface area (Å²) in [4.78, 5) is 11.3. The predicted molar refractivity (Wildman–Crippen MR) is 37.3 cm³/mol. The summed E-state index contributed by atoms with van der Waals surface area (Å²) in [5.41, 5.74) is 0. The Labute approximate surface area is 60.7 Å². The van der Waals surface area contributed by atoms with E-state index < -0.39 is 12.6 Å². The van der Waals surface area contributed by atoms with E-state index >= 15 is 0 Å². The van der Waals surface area contributed by atoms with E-state index in [2.05, 4.69) is 0 Å². The van der Waals surface area contributed by atoms with Gasteiger partial charge in [0.25, 0.3) is 0 Å². The summed E-state index contributed by atoms with van der Waals surface area (Å²) in [6.07, 6.45) is 4.71. The number of carbonyl (C=O) groups is 1. The molecule has 1 saturated carbocycles. The van der Waals surface area contributed by atoms with Crippen LogP contribution in [0.15, 0.2) is 0 Å². The molecule has 0 saturated heterocycles. The van der Waals surface area contributed by atoms with E-state index in [1.54, 1.807) is 0 Å². The molecule has 1 fully saturated rings. The van der Waals surface area contributed by atoms with Crippen molar-refractivity contribution in [2.45, 2.75) is 39.0 Å². The number of carbonyl (C=O) groups excluding carboxylic acids is 1. The van der Waals surface area contributed by atoms with Crippen LogP contribution in [0, 0.1) is 5.92 Å². The van der Waals surface area contributed by atoms with Crippen molar-refractivity contribution < 1.29 is 8.91 Å². The Morgan fingerprint density at radius 3 is 2.67 bits per heavy atom. The average Bonchev–Trinajstić information content (AvgIpc) is 2.03. The quantitative estimate of drug-likeness (QED) is 0.530. The molecule has 0 N–H and O–H groups in total. The van der Waals surface area contributed by atoms with Crippen LogP contribution in [0.4, 0.5) is 0 Å². The maximum atomic E-state index is 11.3. The lowest BCUT2D eigenvalue weighted by atomic mass is 9.87. The molecule has 1 nitrogen and oxygen atoms in total. The maximum Gasteiger partial charge on any atom is 0.132 e. The van der Waals surface area contributed by atoms with Gasteiger partial charge in [-0.15, -0.1) is 0 Å². The molecule has 0 aromatic heterocycles. The highest BCUT2D eigenvalue weighted by molar-refractivity contribution is 5.78. The lowest BCUT2D eigenvalue weighted by Crippen LogP contribution is -2.13. The zero-order chi connectivity index (χ0) is 9.19. The maximum absolute atomic E-state index is 11.3. The molecule has 1 aliphatic rings. The first kappa shape index (κ1) is 3.75. The van der Waals surface area contributed by atoms with Gasteiger partial charge < -0.3 is 0 Å². The number of rotatable bonds is 1. The molecule has 0 heterocycles. The fraction of sp³-hybridized carbons (Fsp3) is 0.875. The normalized spacial score (nSPS) is 28.2. The molecule has 0 aliphatic heterocycles. The van der Waals surface area contributed by atoms with Crippen LogP contribution in [0.25, 0.3) is 0 Å². The molecule has 0 spiro atoms. The molecule has 1 aliphatic carbocycles. The van der Waals surface area contributed by atoms with Crippen LogP contribution in [-0.2, 0) is 4.79 Å². The Kier molecular flexibility index (Phi) is 1.25. The number of Topliss-reactive ketones (excluding diaryl/α,β-unsaturated/α-hetero) is 1. The zero-order valence-corrected chi connectivity index (χ0v) is 5.52. The standard InChI is InChI=1S/C8H14O/c1-7(9)8-5-3-2-4-6-8/h8H,2-6H2,1H3/i1D3. The third-order valence-corrected chi connectivity index (χ3v) is 1.98. The van der Waals surface area contributed by atoms with Crippen LogP contribution in [0.3, 0.4) is 0 Å². The van der Waals surface area contributed by atoms with Gasteiger partial charge in [0.15, 0.2) is 0 Å². The van der Waals surface area contributed by atoms with Gasteiger partial charge in [0.1, 0.15) is 5.78 Å². The van der Waals surface area contributed by atoms with E-state index in [-0.39, 0.29) is 5.92 Å². The Hall–Kier alpha value is -0.330. The molecule has 9 heavy (non-hydrogen) atoms. The van der Waals surface area contributed by atoms with Crippen molar-refractivity contribution in [1.29, 1.82) is 0 Å². The van der Waals surface area contributed by atoms with Crippen molar-refractivity contribution in [3.8, 4) is 0 Å². The van der Waals surface area contributed by atoms with E-state index in [0.29, 0.717) is 0 Å². The monoisotopic (exact) mass is 129 g/mol. The Morgan fingerprint density at radius 2 is 2.11 bits per heavy atom. The van der Waals surface area contributed by atoms with Crippen LogP contribution in [0.1, 0.15) is 43.1 Å². The number of ketones is 1. The molecule has 52 valence electrons. The highest BCUT2D eigenvalue weighted by Gasteiger charge is 2.16. The molecule has 0 radical (unpaired) electrons. The SMILES string of the molecule is [2H]C([2H])([2H])C(=O)C1CCCCC1. The van der Waals surface area contributed by atoms with Gasteiger partial charge in [0.05, 0.1) is 0 Å². The predicted octanol–water partition coefficient (Wildman–Crippen LogP) is 2.16. The van der Waals surface area contributed by atoms with E-state index in [1.165, 1.54) is 0 Å². The zero-order valence-electron chi connectivity index (χ0n) is 8.52. The summed E-state index contributed by atoms with van der Waals surface area (Å²) in [5, 5.41) is 0. The van der Waals surface area contributed by atoms with Gasteiger partial charge in [-0.25, -0.2) is 0 Å². The molecule has 0 atom stereocenters. The van der Waals surface area contributed by atoms with Crippen molar-refractivity contribution in [1.82, 2.24) is 0 Å². The summed E-state index contributed by atoms with van der Waals surface area (Å²) in [6, 6.07) is 0. The van der Waals surface area contributed by atoms with E-state index in [4.69, 9.17) is 4.11 Å². The van der Waals surface area contributed by atoms with Crippen LogP contribution in [-0.4, -0.2) is 5.78 Å². The second-order valence-corrected chi connectivity index (χ2v) is 2.70. The Bertz CT molecular complexity index is 168. The fourth-order valence-corrected chi connectivity index (χ4v) is 1.36. The van der Waals surface area contributed by atoms with Crippen LogP contribution in [0.5, 0.6) is 0 Å². The molecule has 1 heteroatoms. The van der Waals surface area contributed by atoms with Gasteiger partial charge in [0.2, 0.25) is 0 Å². The van der Waals surface area contributed by atoms with Crippen molar-refractivity contribution in [2.24, 2.45) is 5.92 Å².